The summed E-state index contributed by atoms with van der Waals surface area (Å²) in [7, 11) is 0. The second kappa shape index (κ2) is 5.70. The summed E-state index contributed by atoms with van der Waals surface area (Å²) in [5, 5.41) is 7.03. The van der Waals surface area contributed by atoms with Crippen LogP contribution < -0.4 is 5.32 Å². The van der Waals surface area contributed by atoms with Crippen LogP contribution in [0.1, 0.15) is 32.6 Å². The molecule has 1 aliphatic rings. The van der Waals surface area contributed by atoms with E-state index in [1.165, 1.54) is 12.8 Å². The Bertz CT molecular complexity index is 366. The monoisotopic (exact) mass is 236 g/mol. The highest BCUT2D eigenvalue weighted by Crippen LogP contribution is 2.12. The highest BCUT2D eigenvalue weighted by molar-refractivity contribution is 5.89. The topological polar surface area (TPSA) is 50.2 Å². The normalized spacial score (nSPS) is 16.6. The number of nitrogens with one attached hydrogen (secondary N) is 1. The van der Waals surface area contributed by atoms with Crippen LogP contribution in [0.3, 0.4) is 0 Å². The second-order valence-electron chi connectivity index (χ2n) is 4.42. The zero-order valence-electron chi connectivity index (χ0n) is 10.4. The summed E-state index contributed by atoms with van der Waals surface area (Å²) in [5.41, 5.74) is 0.779. The summed E-state index contributed by atoms with van der Waals surface area (Å²) < 4.78 is 1.80. The zero-order chi connectivity index (χ0) is 12.1. The molecule has 0 saturated carbocycles. The van der Waals surface area contributed by atoms with Crippen LogP contribution in [0.15, 0.2) is 12.4 Å². The minimum absolute atomic E-state index is 0.00236. The van der Waals surface area contributed by atoms with Gasteiger partial charge >= 0.3 is 6.03 Å². The number of hydrogen-bond acceptors (Lipinski definition) is 2. The van der Waals surface area contributed by atoms with E-state index in [1.807, 2.05) is 18.0 Å². The average molecular weight is 236 g/mol. The summed E-state index contributed by atoms with van der Waals surface area (Å²) in [6.07, 6.45) is 8.24. The van der Waals surface area contributed by atoms with Crippen LogP contribution in [-0.4, -0.2) is 33.8 Å². The Labute approximate surface area is 102 Å². The lowest BCUT2D eigenvalue weighted by molar-refractivity contribution is 0.214. The molecule has 0 atom stereocenters. The molecule has 1 aliphatic heterocycles. The highest BCUT2D eigenvalue weighted by Gasteiger charge is 2.15. The van der Waals surface area contributed by atoms with Crippen LogP contribution in [0, 0.1) is 0 Å². The molecule has 2 heterocycles. The van der Waals surface area contributed by atoms with E-state index in [0.717, 1.165) is 38.2 Å². The quantitative estimate of drug-likeness (QED) is 0.856. The van der Waals surface area contributed by atoms with Gasteiger partial charge in [-0.05, 0) is 19.8 Å². The van der Waals surface area contributed by atoms with Gasteiger partial charge < -0.3 is 10.2 Å². The van der Waals surface area contributed by atoms with E-state index < -0.39 is 0 Å². The molecule has 1 N–H and O–H groups in total. The number of carbonyl (C=O) groups is 1. The Kier molecular flexibility index (Phi) is 4.01. The maximum Gasteiger partial charge on any atom is 0.321 e. The van der Waals surface area contributed by atoms with Crippen molar-refractivity contribution >= 4 is 11.7 Å². The molecule has 2 amide bonds. The third kappa shape index (κ3) is 3.22. The first-order chi connectivity index (χ1) is 8.29. The average Bonchev–Trinajstić information content (AvgIpc) is 2.62. The van der Waals surface area contributed by atoms with Crippen LogP contribution >= 0.6 is 0 Å². The van der Waals surface area contributed by atoms with Crippen LogP contribution in [-0.2, 0) is 6.54 Å². The number of anilines is 1. The van der Waals surface area contributed by atoms with Gasteiger partial charge in [-0.15, -0.1) is 0 Å². The number of amides is 2. The molecule has 94 valence electrons. The van der Waals surface area contributed by atoms with E-state index in [2.05, 4.69) is 10.4 Å². The van der Waals surface area contributed by atoms with Gasteiger partial charge in [0.1, 0.15) is 0 Å². The molecule has 1 aromatic rings. The van der Waals surface area contributed by atoms with E-state index in [9.17, 15) is 4.79 Å². The molecular formula is C12H20N4O. The lowest BCUT2D eigenvalue weighted by Gasteiger charge is -2.20. The minimum atomic E-state index is 0.00236. The van der Waals surface area contributed by atoms with Crippen molar-refractivity contribution in [2.45, 2.75) is 39.2 Å². The molecule has 17 heavy (non-hydrogen) atoms. The smallest absolute Gasteiger partial charge is 0.321 e. The van der Waals surface area contributed by atoms with Gasteiger partial charge in [-0.3, -0.25) is 4.68 Å². The molecule has 1 aromatic heterocycles. The van der Waals surface area contributed by atoms with Gasteiger partial charge in [-0.2, -0.15) is 5.10 Å². The molecule has 0 unspecified atom stereocenters. The first-order valence-corrected chi connectivity index (χ1v) is 6.38. The number of urea groups is 1. The van der Waals surface area contributed by atoms with E-state index in [4.69, 9.17) is 0 Å². The van der Waals surface area contributed by atoms with Crippen molar-refractivity contribution in [2.75, 3.05) is 18.4 Å². The number of rotatable bonds is 2. The summed E-state index contributed by atoms with van der Waals surface area (Å²) in [5.74, 6) is 0. The summed E-state index contributed by atoms with van der Waals surface area (Å²) in [6, 6.07) is 0.00236. The number of aromatic nitrogens is 2. The predicted molar refractivity (Wildman–Crippen MR) is 67.0 cm³/mol. The fourth-order valence-electron chi connectivity index (χ4n) is 2.08. The molecule has 0 aliphatic carbocycles. The van der Waals surface area contributed by atoms with Crippen molar-refractivity contribution in [3.05, 3.63) is 12.4 Å². The number of nitrogens with zero attached hydrogens (tertiary/aromatic N) is 3. The highest BCUT2D eigenvalue weighted by atomic mass is 16.2. The Morgan fingerprint density at radius 2 is 2.06 bits per heavy atom. The van der Waals surface area contributed by atoms with Crippen molar-refractivity contribution in [3.8, 4) is 0 Å². The molecule has 1 fully saturated rings. The largest absolute Gasteiger partial charge is 0.325 e. The first-order valence-electron chi connectivity index (χ1n) is 6.38. The third-order valence-electron chi connectivity index (χ3n) is 3.10. The number of likely N-dealkylation sites (tertiary alicyclic amines) is 1. The van der Waals surface area contributed by atoms with Gasteiger partial charge in [-0.25, -0.2) is 4.79 Å². The fraction of sp³-hybridized carbons (Fsp3) is 0.667. The Balaban J connectivity index is 1.90. The van der Waals surface area contributed by atoms with Crippen LogP contribution in [0.5, 0.6) is 0 Å². The maximum absolute atomic E-state index is 12.0. The minimum Gasteiger partial charge on any atom is -0.325 e. The molecule has 0 aromatic carbocycles. The van der Waals surface area contributed by atoms with Gasteiger partial charge in [0.05, 0.1) is 11.9 Å². The summed E-state index contributed by atoms with van der Waals surface area (Å²) in [4.78, 5) is 13.9. The second-order valence-corrected chi connectivity index (χ2v) is 4.42. The van der Waals surface area contributed by atoms with E-state index in [1.54, 1.807) is 10.9 Å². The van der Waals surface area contributed by atoms with Gasteiger partial charge in [0.2, 0.25) is 0 Å². The van der Waals surface area contributed by atoms with Crippen molar-refractivity contribution < 1.29 is 4.79 Å². The Morgan fingerprint density at radius 1 is 1.35 bits per heavy atom. The van der Waals surface area contributed by atoms with Crippen molar-refractivity contribution in [1.82, 2.24) is 14.7 Å². The molecule has 5 nitrogen and oxygen atoms in total. The van der Waals surface area contributed by atoms with Gasteiger partial charge in [0, 0.05) is 25.8 Å². The molecule has 1 saturated heterocycles. The van der Waals surface area contributed by atoms with Crippen LogP contribution in [0.2, 0.25) is 0 Å². The van der Waals surface area contributed by atoms with E-state index in [-0.39, 0.29) is 6.03 Å². The molecule has 0 bridgehead atoms. The first kappa shape index (κ1) is 12.0. The SMILES string of the molecule is CCn1cc(NC(=O)N2CCCCCC2)cn1. The van der Waals surface area contributed by atoms with Gasteiger partial charge in [0.25, 0.3) is 0 Å². The van der Waals surface area contributed by atoms with Crippen molar-refractivity contribution in [3.63, 3.8) is 0 Å². The standard InChI is InChI=1S/C12H20N4O/c1-2-16-10-11(9-13-16)14-12(17)15-7-5-3-4-6-8-15/h9-10H,2-8H2,1H3,(H,14,17). The predicted octanol–water partition coefficient (Wildman–Crippen LogP) is 2.31. The van der Waals surface area contributed by atoms with Crippen LogP contribution in [0.25, 0.3) is 0 Å². The molecule has 2 rings (SSSR count). The lowest BCUT2D eigenvalue weighted by Crippen LogP contribution is -2.35. The summed E-state index contributed by atoms with van der Waals surface area (Å²) in [6.45, 7) is 4.58. The zero-order valence-corrected chi connectivity index (χ0v) is 10.4. The third-order valence-corrected chi connectivity index (χ3v) is 3.10. The number of carbonyl (C=O) groups excluding carboxylic acids is 1. The van der Waals surface area contributed by atoms with E-state index in [0.29, 0.717) is 0 Å². The summed E-state index contributed by atoms with van der Waals surface area (Å²) >= 11 is 0. The molecule has 0 spiro atoms. The fourth-order valence-corrected chi connectivity index (χ4v) is 2.08. The van der Waals surface area contributed by atoms with Crippen molar-refractivity contribution in [1.29, 1.82) is 0 Å². The van der Waals surface area contributed by atoms with E-state index >= 15 is 0 Å². The lowest BCUT2D eigenvalue weighted by atomic mass is 10.2. The number of hydrogen-bond donors (Lipinski definition) is 1. The van der Waals surface area contributed by atoms with Gasteiger partial charge in [0.15, 0.2) is 0 Å². The maximum atomic E-state index is 12.0. The molecule has 5 heteroatoms. The number of aryl methyl sites for hydroxylation is 1. The molecular weight excluding hydrogens is 216 g/mol. The Morgan fingerprint density at radius 3 is 2.65 bits per heavy atom. The van der Waals surface area contributed by atoms with Crippen molar-refractivity contribution in [2.24, 2.45) is 0 Å². The van der Waals surface area contributed by atoms with Crippen LogP contribution in [0.4, 0.5) is 10.5 Å². The van der Waals surface area contributed by atoms with Gasteiger partial charge in [-0.1, -0.05) is 12.8 Å². The Hall–Kier alpha value is -1.52. The molecule has 0 radical (unpaired) electrons.